The van der Waals surface area contributed by atoms with Gasteiger partial charge in [0.05, 0.1) is 6.04 Å². The molecule has 5 nitrogen and oxygen atoms in total. The predicted molar refractivity (Wildman–Crippen MR) is 82.1 cm³/mol. The van der Waals surface area contributed by atoms with Crippen LogP contribution in [0.5, 0.6) is 0 Å². The van der Waals surface area contributed by atoms with Crippen molar-refractivity contribution in [3.63, 3.8) is 0 Å². The molecule has 0 bridgehead atoms. The number of carbonyl (C=O) groups excluding carboxylic acids is 1. The summed E-state index contributed by atoms with van der Waals surface area (Å²) in [7, 11) is 0. The molecule has 1 saturated heterocycles. The summed E-state index contributed by atoms with van der Waals surface area (Å²) in [5, 5.41) is 4.19. The van der Waals surface area contributed by atoms with Gasteiger partial charge >= 0.3 is 0 Å². The fourth-order valence-electron chi connectivity index (χ4n) is 3.60. The van der Waals surface area contributed by atoms with Crippen molar-refractivity contribution in [3.05, 3.63) is 48.3 Å². The number of benzene rings is 1. The molecule has 1 aliphatic carbocycles. The Labute approximate surface area is 134 Å². The van der Waals surface area contributed by atoms with Gasteiger partial charge in [-0.2, -0.15) is 5.10 Å². The summed E-state index contributed by atoms with van der Waals surface area (Å²) in [6.45, 7) is 1.45. The first-order valence-electron chi connectivity index (χ1n) is 8.11. The third kappa shape index (κ3) is 2.73. The average molecular weight is 314 g/mol. The lowest BCUT2D eigenvalue weighted by atomic mass is 10.0. The quantitative estimate of drug-likeness (QED) is 0.874. The van der Waals surface area contributed by atoms with Crippen molar-refractivity contribution >= 4 is 5.91 Å². The number of hydrogen-bond acceptors (Lipinski definition) is 3. The molecule has 4 rings (SSSR count). The van der Waals surface area contributed by atoms with Crippen molar-refractivity contribution in [1.29, 1.82) is 0 Å². The molecule has 0 radical (unpaired) electrons. The van der Waals surface area contributed by atoms with Gasteiger partial charge in [0.2, 0.25) is 5.91 Å². The fraction of sp³-hybridized carbons (Fsp3) is 0.471. The summed E-state index contributed by atoms with van der Waals surface area (Å²) < 4.78 is 15.7. The molecule has 1 amide bonds. The molecule has 3 atom stereocenters. The van der Waals surface area contributed by atoms with Gasteiger partial charge in [0.25, 0.3) is 0 Å². The lowest BCUT2D eigenvalue weighted by molar-refractivity contribution is -0.134. The van der Waals surface area contributed by atoms with Crippen molar-refractivity contribution in [2.75, 3.05) is 13.1 Å². The second kappa shape index (κ2) is 5.76. The molecule has 6 heteroatoms. The van der Waals surface area contributed by atoms with Crippen LogP contribution in [0.25, 0.3) is 0 Å². The molecule has 120 valence electrons. The van der Waals surface area contributed by atoms with Crippen LogP contribution in [0.15, 0.2) is 36.9 Å². The van der Waals surface area contributed by atoms with E-state index in [2.05, 4.69) is 10.1 Å². The molecule has 1 aromatic heterocycles. The van der Waals surface area contributed by atoms with E-state index in [-0.39, 0.29) is 29.6 Å². The van der Waals surface area contributed by atoms with E-state index in [4.69, 9.17) is 0 Å². The number of aromatic nitrogens is 3. The van der Waals surface area contributed by atoms with Crippen LogP contribution >= 0.6 is 0 Å². The van der Waals surface area contributed by atoms with Gasteiger partial charge < -0.3 is 4.90 Å². The molecular weight excluding hydrogens is 295 g/mol. The van der Waals surface area contributed by atoms with Gasteiger partial charge in [-0.25, -0.2) is 14.1 Å². The number of likely N-dealkylation sites (tertiary alicyclic amines) is 1. The van der Waals surface area contributed by atoms with E-state index < -0.39 is 0 Å². The largest absolute Gasteiger partial charge is 0.340 e. The molecule has 2 heterocycles. The van der Waals surface area contributed by atoms with Gasteiger partial charge in [0, 0.05) is 19.0 Å². The Hall–Kier alpha value is -2.24. The monoisotopic (exact) mass is 314 g/mol. The summed E-state index contributed by atoms with van der Waals surface area (Å²) in [5.41, 5.74) is 0.677. The van der Waals surface area contributed by atoms with Crippen molar-refractivity contribution in [2.45, 2.75) is 31.2 Å². The van der Waals surface area contributed by atoms with Gasteiger partial charge in [-0.1, -0.05) is 18.2 Å². The smallest absolute Gasteiger partial charge is 0.226 e. The molecule has 2 aromatic rings. The minimum Gasteiger partial charge on any atom is -0.340 e. The fourth-order valence-corrected chi connectivity index (χ4v) is 3.60. The molecule has 0 spiro atoms. The highest BCUT2D eigenvalue weighted by Gasteiger charge is 2.47. The van der Waals surface area contributed by atoms with Crippen molar-refractivity contribution < 1.29 is 9.18 Å². The first-order chi connectivity index (χ1) is 11.2. The molecule has 1 saturated carbocycles. The Bertz CT molecular complexity index is 702. The van der Waals surface area contributed by atoms with Gasteiger partial charge in [-0.3, -0.25) is 4.79 Å². The van der Waals surface area contributed by atoms with Crippen molar-refractivity contribution in [2.24, 2.45) is 5.92 Å². The Kier molecular flexibility index (Phi) is 3.59. The first-order valence-corrected chi connectivity index (χ1v) is 8.11. The van der Waals surface area contributed by atoms with Crippen LogP contribution in [0.2, 0.25) is 0 Å². The van der Waals surface area contributed by atoms with Crippen LogP contribution in [0, 0.1) is 11.7 Å². The predicted octanol–water partition coefficient (Wildman–Crippen LogP) is 2.38. The van der Waals surface area contributed by atoms with E-state index >= 15 is 0 Å². The number of halogens is 1. The zero-order valence-electron chi connectivity index (χ0n) is 12.8. The molecule has 0 unspecified atom stereocenters. The normalized spacial score (nSPS) is 27.0. The molecular formula is C17H19FN4O. The zero-order valence-corrected chi connectivity index (χ0v) is 12.8. The third-order valence-electron chi connectivity index (χ3n) is 4.93. The maximum Gasteiger partial charge on any atom is 0.226 e. The number of piperidine rings is 1. The highest BCUT2D eigenvalue weighted by molar-refractivity contribution is 5.83. The summed E-state index contributed by atoms with van der Waals surface area (Å²) in [4.78, 5) is 18.6. The Balaban J connectivity index is 1.43. The third-order valence-corrected chi connectivity index (χ3v) is 4.93. The lowest BCUT2D eigenvalue weighted by Gasteiger charge is -2.32. The van der Waals surface area contributed by atoms with Gasteiger partial charge in [0.15, 0.2) is 0 Å². The van der Waals surface area contributed by atoms with Crippen LogP contribution in [0.4, 0.5) is 4.39 Å². The molecule has 23 heavy (non-hydrogen) atoms. The van der Waals surface area contributed by atoms with E-state index in [1.807, 2.05) is 15.6 Å². The van der Waals surface area contributed by atoms with E-state index in [0.29, 0.717) is 12.1 Å². The zero-order chi connectivity index (χ0) is 15.8. The second-order valence-electron chi connectivity index (χ2n) is 6.43. The first kappa shape index (κ1) is 14.4. The van der Waals surface area contributed by atoms with Crippen molar-refractivity contribution in [1.82, 2.24) is 19.7 Å². The highest BCUT2D eigenvalue weighted by Crippen LogP contribution is 2.49. The van der Waals surface area contributed by atoms with E-state index in [1.165, 1.54) is 12.4 Å². The van der Waals surface area contributed by atoms with Crippen LogP contribution in [0.3, 0.4) is 0 Å². The van der Waals surface area contributed by atoms with Crippen LogP contribution in [0.1, 0.15) is 36.8 Å². The van der Waals surface area contributed by atoms with E-state index in [1.54, 1.807) is 18.5 Å². The molecule has 1 aromatic carbocycles. The summed E-state index contributed by atoms with van der Waals surface area (Å²) in [6.07, 6.45) is 5.96. The van der Waals surface area contributed by atoms with Crippen molar-refractivity contribution in [3.8, 4) is 0 Å². The van der Waals surface area contributed by atoms with Gasteiger partial charge in [-0.15, -0.1) is 0 Å². The minimum absolute atomic E-state index is 0.0375. The molecule has 0 N–H and O–H groups in total. The lowest BCUT2D eigenvalue weighted by Crippen LogP contribution is -2.41. The number of nitrogens with zero attached hydrogens (tertiary/aromatic N) is 4. The van der Waals surface area contributed by atoms with E-state index in [0.717, 1.165) is 25.8 Å². The Morgan fingerprint density at radius 1 is 1.30 bits per heavy atom. The number of rotatable bonds is 3. The molecule has 1 aliphatic heterocycles. The summed E-state index contributed by atoms with van der Waals surface area (Å²) in [5.74, 6) is -0.0770. The Morgan fingerprint density at radius 3 is 2.96 bits per heavy atom. The number of hydrogen-bond donors (Lipinski definition) is 0. The summed E-state index contributed by atoms with van der Waals surface area (Å²) in [6, 6.07) is 6.98. The number of carbonyl (C=O) groups is 1. The van der Waals surface area contributed by atoms with Gasteiger partial charge in [0.1, 0.15) is 18.5 Å². The average Bonchev–Trinajstić information content (AvgIpc) is 3.17. The van der Waals surface area contributed by atoms with Crippen LogP contribution in [-0.2, 0) is 4.79 Å². The van der Waals surface area contributed by atoms with Crippen LogP contribution < -0.4 is 0 Å². The summed E-state index contributed by atoms with van der Waals surface area (Å²) >= 11 is 0. The molecule has 2 fully saturated rings. The minimum atomic E-state index is -0.202. The maximum atomic E-state index is 13.9. The SMILES string of the molecule is O=C([C@@H]1C[C@H]1c1ccccc1F)N1CCC[C@@H](n2cncn2)C1. The number of amides is 1. The standard InChI is InChI=1S/C17H19FN4O/c18-16-6-2-1-5-13(16)14-8-15(14)17(23)21-7-3-4-12(9-21)22-11-19-10-20-22/h1-2,5-6,10-12,14-15H,3-4,7-9H2/t12-,14+,15-/m1/s1. The molecule has 2 aliphatic rings. The Morgan fingerprint density at radius 2 is 2.17 bits per heavy atom. The van der Waals surface area contributed by atoms with E-state index in [9.17, 15) is 9.18 Å². The topological polar surface area (TPSA) is 51.0 Å². The highest BCUT2D eigenvalue weighted by atomic mass is 19.1. The van der Waals surface area contributed by atoms with Gasteiger partial charge in [-0.05, 0) is 36.8 Å². The van der Waals surface area contributed by atoms with Crippen LogP contribution in [-0.4, -0.2) is 38.7 Å². The maximum absolute atomic E-state index is 13.9. The second-order valence-corrected chi connectivity index (χ2v) is 6.43.